The average Bonchev–Trinajstić information content (AvgIpc) is 3.25. The highest BCUT2D eigenvalue weighted by Crippen LogP contribution is 2.37. The molecule has 11 heteroatoms. The maximum absolute atomic E-state index is 12.7. The third-order valence-electron chi connectivity index (χ3n) is 3.98. The molecule has 2 heterocycles. The smallest absolute Gasteiger partial charge is 0.341 e. The number of benzene rings is 1. The second-order valence-electron chi connectivity index (χ2n) is 6.24. The zero-order valence-corrected chi connectivity index (χ0v) is 19.8. The van der Waals surface area contributed by atoms with E-state index in [4.69, 9.17) is 22.7 Å². The number of thioether (sulfide) groups is 1. The Bertz CT molecular complexity index is 1120. The number of nitrogens with two attached hydrogens (primary N) is 1. The second-order valence-corrected chi connectivity index (χ2v) is 10.1. The van der Waals surface area contributed by atoms with Gasteiger partial charge in [-0.1, -0.05) is 41.3 Å². The number of ether oxygens (including phenoxy) is 1. The molecule has 0 spiro atoms. The van der Waals surface area contributed by atoms with E-state index in [1.165, 1.54) is 28.0 Å². The number of nitrogen functional groups attached to an aromatic ring is 1. The maximum Gasteiger partial charge on any atom is 0.341 e. The molecule has 0 saturated heterocycles. The number of amides is 1. The molecule has 0 unspecified atom stereocenters. The molecule has 2 aromatic heterocycles. The number of aromatic nitrogens is 2. The maximum atomic E-state index is 12.7. The average molecular weight is 481 g/mol. The number of hydrogen-bond donors (Lipinski definition) is 1. The predicted octanol–water partition coefficient (Wildman–Crippen LogP) is 4.48. The van der Waals surface area contributed by atoms with Crippen molar-refractivity contribution in [2.24, 2.45) is 0 Å². The first-order chi connectivity index (χ1) is 14.3. The van der Waals surface area contributed by atoms with Gasteiger partial charge >= 0.3 is 5.97 Å². The number of carbonyl (C=O) groups excluding carboxylic acids is 2. The number of para-hydroxylation sites is 1. The molecule has 0 fully saturated rings. The number of anilines is 1. The predicted molar refractivity (Wildman–Crippen MR) is 125 cm³/mol. The Morgan fingerprint density at radius 1 is 1.27 bits per heavy atom. The van der Waals surface area contributed by atoms with Crippen LogP contribution in [0, 0.1) is 3.95 Å². The van der Waals surface area contributed by atoms with Gasteiger partial charge in [-0.25, -0.2) is 9.48 Å². The SMILES string of the molecule is CCOC(=O)c1c(N)sc(C(=O)N(C)C)c1CSc1nn(-c2ccccc2)c(=S)s1. The van der Waals surface area contributed by atoms with Gasteiger partial charge in [0.1, 0.15) is 5.00 Å². The highest BCUT2D eigenvalue weighted by atomic mass is 32.2. The van der Waals surface area contributed by atoms with Crippen molar-refractivity contribution in [2.45, 2.75) is 17.0 Å². The summed E-state index contributed by atoms with van der Waals surface area (Å²) in [5.74, 6) is -0.393. The molecule has 3 rings (SSSR count). The molecule has 158 valence electrons. The summed E-state index contributed by atoms with van der Waals surface area (Å²) in [5, 5.41) is 4.85. The van der Waals surface area contributed by atoms with E-state index in [1.807, 2.05) is 30.3 Å². The molecular formula is C19H20N4O3S4. The first kappa shape index (κ1) is 22.5. The van der Waals surface area contributed by atoms with Crippen LogP contribution >= 0.6 is 46.7 Å². The van der Waals surface area contributed by atoms with Crippen LogP contribution in [0.1, 0.15) is 32.5 Å². The molecule has 0 radical (unpaired) electrons. The zero-order valence-electron chi connectivity index (χ0n) is 16.6. The minimum Gasteiger partial charge on any atom is -0.462 e. The first-order valence-electron chi connectivity index (χ1n) is 8.91. The van der Waals surface area contributed by atoms with E-state index in [1.54, 1.807) is 25.7 Å². The molecule has 1 aromatic carbocycles. The largest absolute Gasteiger partial charge is 0.462 e. The third kappa shape index (κ3) is 4.75. The molecule has 0 saturated carbocycles. The summed E-state index contributed by atoms with van der Waals surface area (Å²) in [7, 11) is 3.32. The Hall–Kier alpha value is -2.21. The lowest BCUT2D eigenvalue weighted by molar-refractivity contribution is 0.0527. The monoisotopic (exact) mass is 480 g/mol. The normalized spacial score (nSPS) is 10.8. The minimum absolute atomic E-state index is 0.208. The molecule has 1 amide bonds. The molecule has 0 aliphatic carbocycles. The van der Waals surface area contributed by atoms with Crippen molar-refractivity contribution >= 4 is 63.5 Å². The van der Waals surface area contributed by atoms with Crippen molar-refractivity contribution in [1.82, 2.24) is 14.7 Å². The molecule has 7 nitrogen and oxygen atoms in total. The quantitative estimate of drug-likeness (QED) is 0.303. The van der Waals surface area contributed by atoms with Gasteiger partial charge in [-0.2, -0.15) is 0 Å². The lowest BCUT2D eigenvalue weighted by Gasteiger charge is -2.11. The fourth-order valence-electron chi connectivity index (χ4n) is 2.61. The number of hydrogen-bond acceptors (Lipinski definition) is 9. The Labute approximate surface area is 191 Å². The molecule has 0 aliphatic heterocycles. The summed E-state index contributed by atoms with van der Waals surface area (Å²) >= 11 is 9.32. The van der Waals surface area contributed by atoms with Crippen molar-refractivity contribution in [3.05, 3.63) is 50.3 Å². The highest BCUT2D eigenvalue weighted by Gasteiger charge is 2.28. The van der Waals surface area contributed by atoms with Crippen LogP contribution in [-0.2, 0) is 10.5 Å². The lowest BCUT2D eigenvalue weighted by Crippen LogP contribution is -2.22. The van der Waals surface area contributed by atoms with E-state index in [0.717, 1.165) is 21.4 Å². The van der Waals surface area contributed by atoms with Gasteiger partial charge in [0.05, 0.1) is 22.7 Å². The molecule has 2 N–H and O–H groups in total. The summed E-state index contributed by atoms with van der Waals surface area (Å²) in [4.78, 5) is 27.0. The van der Waals surface area contributed by atoms with Crippen LogP contribution in [0.2, 0.25) is 0 Å². The van der Waals surface area contributed by atoms with Crippen LogP contribution in [0.15, 0.2) is 34.7 Å². The number of carbonyl (C=O) groups is 2. The Morgan fingerprint density at radius 2 is 1.97 bits per heavy atom. The Balaban J connectivity index is 1.93. The number of thiophene rings is 1. The van der Waals surface area contributed by atoms with E-state index in [-0.39, 0.29) is 23.1 Å². The van der Waals surface area contributed by atoms with Gasteiger partial charge in [-0.3, -0.25) is 4.79 Å². The van der Waals surface area contributed by atoms with Crippen LogP contribution in [0.4, 0.5) is 5.00 Å². The Morgan fingerprint density at radius 3 is 2.60 bits per heavy atom. The number of nitrogens with zero attached hydrogens (tertiary/aromatic N) is 3. The number of rotatable bonds is 7. The summed E-state index contributed by atoms with van der Waals surface area (Å²) in [6.45, 7) is 1.95. The molecule has 0 atom stereocenters. The van der Waals surface area contributed by atoms with Crippen molar-refractivity contribution in [2.75, 3.05) is 26.4 Å². The van der Waals surface area contributed by atoms with Gasteiger partial charge in [0, 0.05) is 25.4 Å². The second kappa shape index (κ2) is 9.73. The summed E-state index contributed by atoms with van der Waals surface area (Å²) in [6, 6.07) is 9.62. The highest BCUT2D eigenvalue weighted by molar-refractivity contribution is 8.00. The van der Waals surface area contributed by atoms with Crippen LogP contribution in [-0.4, -0.2) is 47.3 Å². The van der Waals surface area contributed by atoms with Crippen molar-refractivity contribution in [1.29, 1.82) is 0 Å². The molecule has 0 bridgehead atoms. The van der Waals surface area contributed by atoms with Crippen LogP contribution in [0.3, 0.4) is 0 Å². The van der Waals surface area contributed by atoms with E-state index in [2.05, 4.69) is 5.10 Å². The number of esters is 1. The van der Waals surface area contributed by atoms with Gasteiger partial charge in [0.2, 0.25) is 0 Å². The molecule has 3 aromatic rings. The summed E-state index contributed by atoms with van der Waals surface area (Å²) in [6.07, 6.45) is 0. The van der Waals surface area contributed by atoms with Crippen LogP contribution in [0.25, 0.3) is 5.69 Å². The van der Waals surface area contributed by atoms with E-state index in [9.17, 15) is 9.59 Å². The first-order valence-corrected chi connectivity index (χ1v) is 11.9. The molecule has 0 aliphatic rings. The Kier molecular flexibility index (Phi) is 7.29. The van der Waals surface area contributed by atoms with Crippen molar-refractivity contribution in [3.63, 3.8) is 0 Å². The summed E-state index contributed by atoms with van der Waals surface area (Å²) < 4.78 is 8.20. The van der Waals surface area contributed by atoms with Gasteiger partial charge in [0.15, 0.2) is 8.29 Å². The van der Waals surface area contributed by atoms with Crippen LogP contribution in [0.5, 0.6) is 0 Å². The standard InChI is InChI=1S/C19H20N4O3S4/c1-4-26-17(25)13-12(14(29-15(13)20)16(24)22(2)3)10-28-18-21-23(19(27)30-18)11-8-6-5-7-9-11/h5-9H,4,10,20H2,1-3H3. The van der Waals surface area contributed by atoms with Gasteiger partial charge in [-0.15, -0.1) is 16.4 Å². The van der Waals surface area contributed by atoms with Crippen molar-refractivity contribution < 1.29 is 14.3 Å². The van der Waals surface area contributed by atoms with Gasteiger partial charge in [0.25, 0.3) is 5.91 Å². The van der Waals surface area contributed by atoms with E-state index in [0.29, 0.717) is 20.1 Å². The van der Waals surface area contributed by atoms with Crippen molar-refractivity contribution in [3.8, 4) is 5.69 Å². The fraction of sp³-hybridized carbons (Fsp3) is 0.263. The van der Waals surface area contributed by atoms with E-state index >= 15 is 0 Å². The third-order valence-corrected chi connectivity index (χ3v) is 7.43. The fourth-order valence-corrected chi connectivity index (χ4v) is 6.19. The summed E-state index contributed by atoms with van der Waals surface area (Å²) in [5.41, 5.74) is 7.78. The molecule has 30 heavy (non-hydrogen) atoms. The van der Waals surface area contributed by atoms with Crippen LogP contribution < -0.4 is 5.73 Å². The zero-order chi connectivity index (χ0) is 21.8. The van der Waals surface area contributed by atoms with Gasteiger partial charge < -0.3 is 15.4 Å². The van der Waals surface area contributed by atoms with E-state index < -0.39 is 5.97 Å². The molecular weight excluding hydrogens is 461 g/mol. The lowest BCUT2D eigenvalue weighted by atomic mass is 10.1. The van der Waals surface area contributed by atoms with Gasteiger partial charge in [-0.05, 0) is 31.3 Å². The minimum atomic E-state index is -0.526. The topological polar surface area (TPSA) is 90.4 Å².